The van der Waals surface area contributed by atoms with E-state index in [4.69, 9.17) is 0 Å². The molecule has 25 heavy (non-hydrogen) atoms. The summed E-state index contributed by atoms with van der Waals surface area (Å²) in [6.07, 6.45) is 3.50. The number of hydrogen-bond acceptors (Lipinski definition) is 2. The zero-order valence-corrected chi connectivity index (χ0v) is 16.1. The van der Waals surface area contributed by atoms with Gasteiger partial charge in [-0.25, -0.2) is 0 Å². The van der Waals surface area contributed by atoms with Gasteiger partial charge in [-0.05, 0) is 56.9 Å². The average molecular weight is 339 g/mol. The SMILES string of the molecule is CCN(CC)CCCC(C)NC(Cc1ccccc1)c1ccccc1. The lowest BCUT2D eigenvalue weighted by Crippen LogP contribution is -2.33. The minimum atomic E-state index is 0.368. The van der Waals surface area contributed by atoms with Gasteiger partial charge in [-0.2, -0.15) is 0 Å². The number of nitrogens with one attached hydrogen (secondary N) is 1. The van der Waals surface area contributed by atoms with Crippen LogP contribution in [0.1, 0.15) is 50.8 Å². The molecule has 1 N–H and O–H groups in total. The molecule has 0 fully saturated rings. The Hall–Kier alpha value is -1.64. The van der Waals surface area contributed by atoms with Gasteiger partial charge in [-0.3, -0.25) is 0 Å². The van der Waals surface area contributed by atoms with Crippen molar-refractivity contribution in [2.75, 3.05) is 19.6 Å². The highest BCUT2D eigenvalue weighted by Crippen LogP contribution is 2.20. The molecule has 0 aromatic heterocycles. The molecule has 0 heterocycles. The molecule has 0 saturated carbocycles. The van der Waals surface area contributed by atoms with E-state index in [0.717, 1.165) is 19.5 Å². The Balaban J connectivity index is 1.94. The maximum atomic E-state index is 3.87. The van der Waals surface area contributed by atoms with Crippen LogP contribution in [0.25, 0.3) is 0 Å². The smallest absolute Gasteiger partial charge is 0.0363 e. The Morgan fingerprint density at radius 2 is 1.48 bits per heavy atom. The normalized spacial score (nSPS) is 13.8. The summed E-state index contributed by atoms with van der Waals surface area (Å²) in [4.78, 5) is 2.51. The van der Waals surface area contributed by atoms with Crippen LogP contribution in [-0.4, -0.2) is 30.6 Å². The maximum absolute atomic E-state index is 3.87. The van der Waals surface area contributed by atoms with Gasteiger partial charge in [-0.1, -0.05) is 74.5 Å². The van der Waals surface area contributed by atoms with Crippen molar-refractivity contribution in [2.45, 2.75) is 52.1 Å². The fourth-order valence-electron chi connectivity index (χ4n) is 3.40. The van der Waals surface area contributed by atoms with Crippen molar-refractivity contribution in [2.24, 2.45) is 0 Å². The molecule has 0 aliphatic carbocycles. The van der Waals surface area contributed by atoms with E-state index in [2.05, 4.69) is 91.7 Å². The summed E-state index contributed by atoms with van der Waals surface area (Å²) in [6, 6.07) is 22.5. The summed E-state index contributed by atoms with van der Waals surface area (Å²) in [7, 11) is 0. The quantitative estimate of drug-likeness (QED) is 0.615. The zero-order chi connectivity index (χ0) is 17.9. The minimum absolute atomic E-state index is 0.368. The summed E-state index contributed by atoms with van der Waals surface area (Å²) in [5, 5.41) is 3.87. The second-order valence-electron chi connectivity index (χ2n) is 6.89. The lowest BCUT2D eigenvalue weighted by Gasteiger charge is -2.25. The molecule has 0 aliphatic heterocycles. The van der Waals surface area contributed by atoms with Gasteiger partial charge in [0, 0.05) is 12.1 Å². The third-order valence-electron chi connectivity index (χ3n) is 4.98. The van der Waals surface area contributed by atoms with Crippen LogP contribution in [0.5, 0.6) is 0 Å². The summed E-state index contributed by atoms with van der Waals surface area (Å²) in [5.41, 5.74) is 2.76. The zero-order valence-electron chi connectivity index (χ0n) is 16.1. The van der Waals surface area contributed by atoms with E-state index in [1.165, 1.54) is 30.5 Å². The van der Waals surface area contributed by atoms with E-state index < -0.39 is 0 Å². The Labute approximate surface area is 154 Å². The molecule has 0 saturated heterocycles. The highest BCUT2D eigenvalue weighted by atomic mass is 15.1. The molecule has 136 valence electrons. The number of rotatable bonds is 11. The molecule has 2 aromatic carbocycles. The predicted octanol–water partition coefficient (Wildman–Crippen LogP) is 5.07. The lowest BCUT2D eigenvalue weighted by atomic mass is 9.97. The summed E-state index contributed by atoms with van der Waals surface area (Å²) >= 11 is 0. The largest absolute Gasteiger partial charge is 0.307 e. The molecule has 2 nitrogen and oxygen atoms in total. The number of benzene rings is 2. The van der Waals surface area contributed by atoms with Crippen molar-refractivity contribution in [1.29, 1.82) is 0 Å². The Morgan fingerprint density at radius 1 is 0.880 bits per heavy atom. The predicted molar refractivity (Wildman–Crippen MR) is 109 cm³/mol. The molecule has 0 bridgehead atoms. The van der Waals surface area contributed by atoms with Crippen LogP contribution in [-0.2, 0) is 6.42 Å². The number of nitrogens with zero attached hydrogens (tertiary/aromatic N) is 1. The van der Waals surface area contributed by atoms with E-state index in [0.29, 0.717) is 12.1 Å². The topological polar surface area (TPSA) is 15.3 Å². The van der Waals surface area contributed by atoms with E-state index in [9.17, 15) is 0 Å². The van der Waals surface area contributed by atoms with Gasteiger partial charge >= 0.3 is 0 Å². The van der Waals surface area contributed by atoms with Crippen LogP contribution < -0.4 is 5.32 Å². The van der Waals surface area contributed by atoms with Crippen LogP contribution in [0.3, 0.4) is 0 Å². The van der Waals surface area contributed by atoms with Gasteiger partial charge in [0.2, 0.25) is 0 Å². The molecular weight excluding hydrogens is 304 g/mol. The lowest BCUT2D eigenvalue weighted by molar-refractivity contribution is 0.288. The van der Waals surface area contributed by atoms with E-state index in [-0.39, 0.29) is 0 Å². The average Bonchev–Trinajstić information content (AvgIpc) is 2.66. The molecule has 2 aromatic rings. The first-order chi connectivity index (χ1) is 12.2. The van der Waals surface area contributed by atoms with Gasteiger partial charge < -0.3 is 10.2 Å². The Bertz CT molecular complexity index is 563. The first-order valence-electron chi connectivity index (χ1n) is 9.80. The third kappa shape index (κ3) is 7.01. The molecule has 0 spiro atoms. The highest BCUT2D eigenvalue weighted by molar-refractivity contribution is 5.23. The van der Waals surface area contributed by atoms with E-state index in [1.54, 1.807) is 0 Å². The first-order valence-corrected chi connectivity index (χ1v) is 9.80. The molecular formula is C23H34N2. The van der Waals surface area contributed by atoms with Crippen LogP contribution in [0.4, 0.5) is 0 Å². The maximum Gasteiger partial charge on any atom is 0.0363 e. The fourth-order valence-corrected chi connectivity index (χ4v) is 3.40. The third-order valence-corrected chi connectivity index (χ3v) is 4.98. The molecule has 0 amide bonds. The van der Waals surface area contributed by atoms with Crippen molar-refractivity contribution in [3.63, 3.8) is 0 Å². The summed E-state index contributed by atoms with van der Waals surface area (Å²) in [5.74, 6) is 0. The Morgan fingerprint density at radius 3 is 2.08 bits per heavy atom. The number of hydrogen-bond donors (Lipinski definition) is 1. The second kappa shape index (κ2) is 11.1. The van der Waals surface area contributed by atoms with Crippen molar-refractivity contribution in [3.05, 3.63) is 71.8 Å². The van der Waals surface area contributed by atoms with Crippen molar-refractivity contribution < 1.29 is 0 Å². The molecule has 2 unspecified atom stereocenters. The standard InChI is InChI=1S/C23H34N2/c1-4-25(5-2)18-12-13-20(3)24-23(22-16-10-7-11-17-22)19-21-14-8-6-9-15-21/h6-11,14-17,20,23-24H,4-5,12-13,18-19H2,1-3H3. The van der Waals surface area contributed by atoms with Gasteiger partial charge in [0.25, 0.3) is 0 Å². The minimum Gasteiger partial charge on any atom is -0.307 e. The van der Waals surface area contributed by atoms with Gasteiger partial charge in [0.15, 0.2) is 0 Å². The van der Waals surface area contributed by atoms with Crippen LogP contribution in [0, 0.1) is 0 Å². The molecule has 0 aliphatic rings. The van der Waals surface area contributed by atoms with Crippen molar-refractivity contribution >= 4 is 0 Å². The van der Waals surface area contributed by atoms with Gasteiger partial charge in [0.05, 0.1) is 0 Å². The van der Waals surface area contributed by atoms with Gasteiger partial charge in [0.1, 0.15) is 0 Å². The van der Waals surface area contributed by atoms with Crippen molar-refractivity contribution in [3.8, 4) is 0 Å². The fraction of sp³-hybridized carbons (Fsp3) is 0.478. The molecule has 0 radical (unpaired) electrons. The summed E-state index contributed by atoms with van der Waals surface area (Å²) < 4.78 is 0. The molecule has 2 atom stereocenters. The summed E-state index contributed by atoms with van der Waals surface area (Å²) in [6.45, 7) is 10.3. The van der Waals surface area contributed by atoms with Crippen LogP contribution >= 0.6 is 0 Å². The van der Waals surface area contributed by atoms with Gasteiger partial charge in [-0.15, -0.1) is 0 Å². The van der Waals surface area contributed by atoms with Crippen LogP contribution in [0.2, 0.25) is 0 Å². The highest BCUT2D eigenvalue weighted by Gasteiger charge is 2.15. The first kappa shape index (κ1) is 19.7. The van der Waals surface area contributed by atoms with E-state index in [1.807, 2.05) is 0 Å². The molecule has 2 rings (SSSR count). The van der Waals surface area contributed by atoms with Crippen molar-refractivity contribution in [1.82, 2.24) is 10.2 Å². The van der Waals surface area contributed by atoms with Crippen LogP contribution in [0.15, 0.2) is 60.7 Å². The molecule has 2 heteroatoms. The monoisotopic (exact) mass is 338 g/mol. The second-order valence-corrected chi connectivity index (χ2v) is 6.89. The van der Waals surface area contributed by atoms with E-state index >= 15 is 0 Å². The Kier molecular flexibility index (Phi) is 8.71.